The van der Waals surface area contributed by atoms with Crippen molar-refractivity contribution >= 4 is 36.0 Å². The van der Waals surface area contributed by atoms with Crippen LogP contribution in [-0.4, -0.2) is 41.2 Å². The highest BCUT2D eigenvalue weighted by Gasteiger charge is 2.29. The van der Waals surface area contributed by atoms with E-state index < -0.39 is 19.7 Å². The Hall–Kier alpha value is -2.43. The number of methoxy groups -OCH3 is 1. The molecule has 3 rings (SSSR count). The number of nitrogens with zero attached hydrogens (tertiary/aromatic N) is 1. The minimum atomic E-state index is -3.98. The zero-order valence-corrected chi connectivity index (χ0v) is 19.9. The van der Waals surface area contributed by atoms with Gasteiger partial charge in [0.05, 0.1) is 17.8 Å². The lowest BCUT2D eigenvalue weighted by atomic mass is 10.1. The first-order chi connectivity index (χ1) is 14.7. The minimum absolute atomic E-state index is 0.0713. The maximum atomic E-state index is 13.2. The molecule has 0 radical (unpaired) electrons. The third-order valence-electron chi connectivity index (χ3n) is 4.67. The Morgan fingerprint density at radius 1 is 1.00 bits per heavy atom. The van der Waals surface area contributed by atoms with E-state index in [2.05, 4.69) is 10.3 Å². The molecular weight excluding hydrogens is 456 g/mol. The molecule has 166 valence electrons. The molecule has 0 aliphatic rings. The minimum Gasteiger partial charge on any atom is -0.497 e. The number of aryl methyl sites for hydroxylation is 1. The number of ether oxygens (including phenoxy) is 1. The Bertz CT molecular complexity index is 1250. The van der Waals surface area contributed by atoms with Crippen LogP contribution in [0.3, 0.4) is 0 Å². The molecule has 0 saturated heterocycles. The lowest BCUT2D eigenvalue weighted by Crippen LogP contribution is -2.10. The largest absolute Gasteiger partial charge is 0.497 e. The van der Waals surface area contributed by atoms with Crippen molar-refractivity contribution in [3.63, 3.8) is 0 Å². The quantitative estimate of drug-likeness (QED) is 0.498. The standard InChI is InChI=1S/C21H24N2O5S3/c1-4-30(24,25)21-23-20(31(26,27)18-11-5-15(2)6-12-18)19(29-21)22-14-13-16-7-9-17(28-3)10-8-16/h5-12,22H,4,13-14H2,1-3H3. The first-order valence-electron chi connectivity index (χ1n) is 9.59. The first-order valence-corrected chi connectivity index (χ1v) is 13.5. The predicted molar refractivity (Wildman–Crippen MR) is 122 cm³/mol. The molecule has 2 aromatic carbocycles. The van der Waals surface area contributed by atoms with Gasteiger partial charge in [-0.25, -0.2) is 21.8 Å². The van der Waals surface area contributed by atoms with Crippen molar-refractivity contribution in [2.75, 3.05) is 24.7 Å². The van der Waals surface area contributed by atoms with Gasteiger partial charge >= 0.3 is 0 Å². The van der Waals surface area contributed by atoms with E-state index in [0.717, 1.165) is 28.2 Å². The van der Waals surface area contributed by atoms with Gasteiger partial charge in [-0.15, -0.1) is 0 Å². The fourth-order valence-corrected chi connectivity index (χ4v) is 6.80. The monoisotopic (exact) mass is 480 g/mol. The van der Waals surface area contributed by atoms with Crippen LogP contribution in [0, 0.1) is 6.92 Å². The fraction of sp³-hybridized carbons (Fsp3) is 0.286. The van der Waals surface area contributed by atoms with Crippen LogP contribution in [0.15, 0.2) is 62.8 Å². The third kappa shape index (κ3) is 5.25. The van der Waals surface area contributed by atoms with Gasteiger partial charge in [-0.3, -0.25) is 0 Å². The molecule has 1 heterocycles. The number of nitrogens with one attached hydrogen (secondary N) is 1. The first kappa shape index (κ1) is 23.2. The van der Waals surface area contributed by atoms with Gasteiger partial charge in [0, 0.05) is 6.54 Å². The second-order valence-electron chi connectivity index (χ2n) is 6.86. The Kier molecular flexibility index (Phi) is 7.03. The predicted octanol–water partition coefficient (Wildman–Crippen LogP) is 3.74. The molecule has 0 fully saturated rings. The number of benzene rings is 2. The normalized spacial score (nSPS) is 12.0. The van der Waals surface area contributed by atoms with Crippen LogP contribution in [0.5, 0.6) is 5.75 Å². The van der Waals surface area contributed by atoms with E-state index in [-0.39, 0.29) is 25.0 Å². The molecule has 7 nitrogen and oxygen atoms in total. The van der Waals surface area contributed by atoms with Crippen LogP contribution >= 0.6 is 11.3 Å². The van der Waals surface area contributed by atoms with E-state index in [1.807, 2.05) is 31.2 Å². The number of rotatable bonds is 9. The Balaban J connectivity index is 1.91. The van der Waals surface area contributed by atoms with Gasteiger partial charge in [0.2, 0.25) is 24.0 Å². The summed E-state index contributed by atoms with van der Waals surface area (Å²) in [4.78, 5) is 4.11. The summed E-state index contributed by atoms with van der Waals surface area (Å²) in [5.74, 6) is 0.593. The highest BCUT2D eigenvalue weighted by Crippen LogP contribution is 2.35. The second-order valence-corrected chi connectivity index (χ2v) is 12.2. The summed E-state index contributed by atoms with van der Waals surface area (Å²) in [6.07, 6.45) is 0.613. The van der Waals surface area contributed by atoms with E-state index >= 15 is 0 Å². The molecular formula is C21H24N2O5S3. The number of anilines is 1. The fourth-order valence-electron chi connectivity index (χ4n) is 2.78. The highest BCUT2D eigenvalue weighted by atomic mass is 32.2. The van der Waals surface area contributed by atoms with Crippen LogP contribution in [-0.2, 0) is 26.1 Å². The lowest BCUT2D eigenvalue weighted by Gasteiger charge is -2.08. The van der Waals surface area contributed by atoms with Gasteiger partial charge < -0.3 is 10.1 Å². The van der Waals surface area contributed by atoms with Gasteiger partial charge in [0.15, 0.2) is 5.03 Å². The Labute approximate surface area is 187 Å². The van der Waals surface area contributed by atoms with Gasteiger partial charge in [0.1, 0.15) is 10.8 Å². The number of hydrogen-bond donors (Lipinski definition) is 1. The molecule has 0 saturated carbocycles. The molecule has 0 amide bonds. The molecule has 3 aromatic rings. The van der Waals surface area contributed by atoms with Gasteiger partial charge in [-0.2, -0.15) is 0 Å². The SMILES string of the molecule is CCS(=O)(=O)c1nc(S(=O)(=O)c2ccc(C)cc2)c(NCCc2ccc(OC)cc2)s1. The van der Waals surface area contributed by atoms with E-state index in [9.17, 15) is 16.8 Å². The summed E-state index contributed by atoms with van der Waals surface area (Å²) in [5.41, 5.74) is 1.95. The highest BCUT2D eigenvalue weighted by molar-refractivity contribution is 7.94. The zero-order valence-electron chi connectivity index (χ0n) is 17.5. The van der Waals surface area contributed by atoms with Crippen LogP contribution in [0.1, 0.15) is 18.1 Å². The van der Waals surface area contributed by atoms with Gasteiger partial charge in [-0.05, 0) is 43.2 Å². The molecule has 1 aromatic heterocycles. The smallest absolute Gasteiger partial charge is 0.226 e. The molecule has 0 aliphatic carbocycles. The van der Waals surface area contributed by atoms with Crippen LogP contribution in [0.2, 0.25) is 0 Å². The average molecular weight is 481 g/mol. The van der Waals surface area contributed by atoms with E-state index in [1.165, 1.54) is 19.1 Å². The maximum Gasteiger partial charge on any atom is 0.226 e. The summed E-state index contributed by atoms with van der Waals surface area (Å²) >= 11 is 0.848. The third-order valence-corrected chi connectivity index (χ3v) is 9.70. The van der Waals surface area contributed by atoms with E-state index in [4.69, 9.17) is 4.74 Å². The topological polar surface area (TPSA) is 102 Å². The van der Waals surface area contributed by atoms with Crippen molar-refractivity contribution in [1.82, 2.24) is 4.98 Å². The van der Waals surface area contributed by atoms with Crippen LogP contribution in [0.25, 0.3) is 0 Å². The van der Waals surface area contributed by atoms with Crippen molar-refractivity contribution in [1.29, 1.82) is 0 Å². The summed E-state index contributed by atoms with van der Waals surface area (Å²) < 4.78 is 56.0. The zero-order chi connectivity index (χ0) is 22.6. The second kappa shape index (κ2) is 9.37. The van der Waals surface area contributed by atoms with Crippen molar-refractivity contribution in [3.8, 4) is 5.75 Å². The van der Waals surface area contributed by atoms with Gasteiger partial charge in [0.25, 0.3) is 0 Å². The van der Waals surface area contributed by atoms with Crippen molar-refractivity contribution in [2.45, 2.75) is 34.5 Å². The molecule has 0 aliphatic heterocycles. The molecule has 10 heteroatoms. The molecule has 1 N–H and O–H groups in total. The van der Waals surface area contributed by atoms with Crippen molar-refractivity contribution in [2.24, 2.45) is 0 Å². The number of hydrogen-bond acceptors (Lipinski definition) is 8. The summed E-state index contributed by atoms with van der Waals surface area (Å²) in [6.45, 7) is 3.77. The molecule has 0 unspecified atom stereocenters. The van der Waals surface area contributed by atoms with Crippen LogP contribution < -0.4 is 10.1 Å². The summed E-state index contributed by atoms with van der Waals surface area (Å²) in [5, 5.41) is 3.04. The number of aromatic nitrogens is 1. The van der Waals surface area contributed by atoms with E-state index in [1.54, 1.807) is 19.2 Å². The maximum absolute atomic E-state index is 13.2. The van der Waals surface area contributed by atoms with E-state index in [0.29, 0.717) is 13.0 Å². The van der Waals surface area contributed by atoms with Crippen molar-refractivity contribution < 1.29 is 21.6 Å². The molecule has 0 atom stereocenters. The Morgan fingerprint density at radius 2 is 1.65 bits per heavy atom. The summed E-state index contributed by atoms with van der Waals surface area (Å²) in [6, 6.07) is 13.9. The molecule has 31 heavy (non-hydrogen) atoms. The number of thiazole rings is 1. The Morgan fingerprint density at radius 3 is 2.23 bits per heavy atom. The molecule has 0 bridgehead atoms. The summed E-state index contributed by atoms with van der Waals surface area (Å²) in [7, 11) is -6.03. The molecule has 0 spiro atoms. The number of sulfone groups is 2. The lowest BCUT2D eigenvalue weighted by molar-refractivity contribution is 0.414. The van der Waals surface area contributed by atoms with Crippen molar-refractivity contribution in [3.05, 3.63) is 59.7 Å². The van der Waals surface area contributed by atoms with Crippen LogP contribution in [0.4, 0.5) is 5.00 Å². The van der Waals surface area contributed by atoms with Gasteiger partial charge in [-0.1, -0.05) is 48.1 Å². The average Bonchev–Trinajstić information content (AvgIpc) is 3.20.